The first-order valence-electron chi connectivity index (χ1n) is 8.17. The predicted molar refractivity (Wildman–Crippen MR) is 102 cm³/mol. The lowest BCUT2D eigenvalue weighted by Crippen LogP contribution is -1.94. The summed E-state index contributed by atoms with van der Waals surface area (Å²) < 4.78 is 10.4. The van der Waals surface area contributed by atoms with Crippen LogP contribution in [0.5, 0.6) is 11.5 Å². The number of benzene rings is 2. The van der Waals surface area contributed by atoms with Crippen LogP contribution in [0.4, 0.5) is 16.5 Å². The van der Waals surface area contributed by atoms with E-state index in [1.165, 1.54) is 41.8 Å². The first-order chi connectivity index (χ1) is 14.0. The van der Waals surface area contributed by atoms with Gasteiger partial charge in [-0.1, -0.05) is 23.5 Å². The van der Waals surface area contributed by atoms with Gasteiger partial charge in [-0.3, -0.25) is 20.2 Å². The number of aliphatic imine (C=N–C) groups is 1. The van der Waals surface area contributed by atoms with Crippen molar-refractivity contribution in [1.29, 1.82) is 0 Å². The second-order valence-corrected chi connectivity index (χ2v) is 6.90. The fraction of sp³-hybridized carbons (Fsp3) is 0.118. The van der Waals surface area contributed by atoms with E-state index in [0.717, 1.165) is 5.56 Å². The van der Waals surface area contributed by atoms with Crippen molar-refractivity contribution in [2.75, 3.05) is 6.79 Å². The van der Waals surface area contributed by atoms with Crippen LogP contribution in [0, 0.1) is 20.2 Å². The van der Waals surface area contributed by atoms with Crippen LogP contribution in [0.25, 0.3) is 0 Å². The van der Waals surface area contributed by atoms with E-state index in [0.29, 0.717) is 28.1 Å². The standard InChI is InChI=1S/C17H11N5O6S/c23-21(24)12-3-1-10(2-4-12)5-16-19-20-17(29-16)18-8-11-6-14-15(28-9-27-14)7-13(11)22(25)26/h1-4,6-8H,5,9H2. The number of aromatic nitrogens is 2. The monoisotopic (exact) mass is 413 g/mol. The van der Waals surface area contributed by atoms with Gasteiger partial charge in [-0.2, -0.15) is 0 Å². The molecule has 0 atom stereocenters. The fourth-order valence-electron chi connectivity index (χ4n) is 2.61. The van der Waals surface area contributed by atoms with Gasteiger partial charge in [-0.05, 0) is 11.6 Å². The van der Waals surface area contributed by atoms with Crippen LogP contribution >= 0.6 is 11.3 Å². The van der Waals surface area contributed by atoms with Gasteiger partial charge in [0.05, 0.1) is 21.5 Å². The molecule has 0 saturated heterocycles. The van der Waals surface area contributed by atoms with Gasteiger partial charge in [0.15, 0.2) is 11.5 Å². The number of rotatable bonds is 6. The summed E-state index contributed by atoms with van der Waals surface area (Å²) in [5.74, 6) is 0.725. The normalized spacial score (nSPS) is 12.4. The Balaban J connectivity index is 1.51. The lowest BCUT2D eigenvalue weighted by atomic mass is 10.1. The number of non-ortho nitro benzene ring substituents is 1. The van der Waals surface area contributed by atoms with Crippen LogP contribution in [0.1, 0.15) is 16.1 Å². The molecule has 12 heteroatoms. The van der Waals surface area contributed by atoms with Crippen LogP contribution in [-0.4, -0.2) is 33.1 Å². The van der Waals surface area contributed by atoms with Crippen LogP contribution in [0.2, 0.25) is 0 Å². The zero-order chi connectivity index (χ0) is 20.4. The lowest BCUT2D eigenvalue weighted by molar-refractivity contribution is -0.385. The number of nitro benzene ring substituents is 2. The molecule has 0 unspecified atom stereocenters. The third-order valence-electron chi connectivity index (χ3n) is 3.99. The number of hydrogen-bond donors (Lipinski definition) is 0. The van der Waals surface area contributed by atoms with Crippen LogP contribution in [-0.2, 0) is 6.42 Å². The highest BCUT2D eigenvalue weighted by Crippen LogP contribution is 2.37. The van der Waals surface area contributed by atoms with Crippen molar-refractivity contribution >= 4 is 34.1 Å². The molecule has 0 fully saturated rings. The van der Waals surface area contributed by atoms with Crippen molar-refractivity contribution in [2.24, 2.45) is 4.99 Å². The SMILES string of the molecule is O=[N+]([O-])c1ccc(Cc2nnc(N=Cc3cc4c(cc3[N+](=O)[O-])OCO4)s2)cc1. The number of hydrogen-bond acceptors (Lipinski definition) is 10. The summed E-state index contributed by atoms with van der Waals surface area (Å²) in [6.45, 7) is 0.00941. The van der Waals surface area contributed by atoms with Gasteiger partial charge >= 0.3 is 0 Å². The minimum Gasteiger partial charge on any atom is -0.454 e. The Morgan fingerprint density at radius 2 is 1.79 bits per heavy atom. The maximum Gasteiger partial charge on any atom is 0.282 e. The van der Waals surface area contributed by atoms with Gasteiger partial charge in [-0.15, -0.1) is 10.2 Å². The summed E-state index contributed by atoms with van der Waals surface area (Å²) in [5.41, 5.74) is 0.954. The van der Waals surface area contributed by atoms with E-state index in [9.17, 15) is 20.2 Å². The quantitative estimate of drug-likeness (QED) is 0.340. The van der Waals surface area contributed by atoms with Crippen LogP contribution in [0.15, 0.2) is 41.4 Å². The van der Waals surface area contributed by atoms with Gasteiger partial charge in [-0.25, -0.2) is 4.99 Å². The average Bonchev–Trinajstić information content (AvgIpc) is 3.34. The molecule has 1 aromatic heterocycles. The van der Waals surface area contributed by atoms with Crippen molar-refractivity contribution in [2.45, 2.75) is 6.42 Å². The lowest BCUT2D eigenvalue weighted by Gasteiger charge is -2.00. The fourth-order valence-corrected chi connectivity index (χ4v) is 3.33. The maximum absolute atomic E-state index is 11.3. The highest BCUT2D eigenvalue weighted by molar-refractivity contribution is 7.15. The average molecular weight is 413 g/mol. The molecule has 0 saturated carbocycles. The molecule has 0 aliphatic carbocycles. The van der Waals surface area contributed by atoms with Crippen molar-refractivity contribution in [3.05, 3.63) is 72.8 Å². The summed E-state index contributed by atoms with van der Waals surface area (Å²) >= 11 is 1.22. The van der Waals surface area contributed by atoms with E-state index < -0.39 is 9.85 Å². The summed E-state index contributed by atoms with van der Waals surface area (Å²) in [4.78, 5) is 25.2. The molecule has 1 aliphatic rings. The predicted octanol–water partition coefficient (Wildman–Crippen LogP) is 3.42. The Morgan fingerprint density at radius 3 is 2.48 bits per heavy atom. The number of nitro groups is 2. The molecule has 4 rings (SSSR count). The molecule has 1 aliphatic heterocycles. The molecule has 29 heavy (non-hydrogen) atoms. The molecule has 0 radical (unpaired) electrons. The van der Waals surface area contributed by atoms with E-state index in [1.807, 2.05) is 0 Å². The van der Waals surface area contributed by atoms with E-state index in [2.05, 4.69) is 15.2 Å². The van der Waals surface area contributed by atoms with Gasteiger partial charge in [0.25, 0.3) is 11.4 Å². The minimum absolute atomic E-state index is 0.00941. The molecule has 2 heterocycles. The summed E-state index contributed by atoms with van der Waals surface area (Å²) in [6, 6.07) is 8.94. The highest BCUT2D eigenvalue weighted by Gasteiger charge is 2.22. The molecule has 0 amide bonds. The maximum atomic E-state index is 11.3. The van der Waals surface area contributed by atoms with Crippen molar-refractivity contribution in [1.82, 2.24) is 10.2 Å². The van der Waals surface area contributed by atoms with E-state index in [4.69, 9.17) is 9.47 Å². The highest BCUT2D eigenvalue weighted by atomic mass is 32.1. The van der Waals surface area contributed by atoms with Gasteiger partial charge < -0.3 is 9.47 Å². The van der Waals surface area contributed by atoms with E-state index >= 15 is 0 Å². The Hall–Kier alpha value is -3.93. The number of ether oxygens (including phenoxy) is 2. The molecular formula is C17H11N5O6S. The summed E-state index contributed by atoms with van der Waals surface area (Å²) in [5, 5.41) is 31.0. The molecule has 3 aromatic rings. The van der Waals surface area contributed by atoms with E-state index in [1.54, 1.807) is 12.1 Å². The second kappa shape index (κ2) is 7.59. The van der Waals surface area contributed by atoms with Crippen LogP contribution in [0.3, 0.4) is 0 Å². The van der Waals surface area contributed by atoms with Crippen molar-refractivity contribution in [3.63, 3.8) is 0 Å². The van der Waals surface area contributed by atoms with Crippen molar-refractivity contribution in [3.8, 4) is 11.5 Å². The zero-order valence-corrected chi connectivity index (χ0v) is 15.4. The molecule has 146 valence electrons. The third-order valence-corrected chi connectivity index (χ3v) is 4.82. The Kier molecular flexibility index (Phi) is 4.83. The van der Waals surface area contributed by atoms with Gasteiger partial charge in [0.1, 0.15) is 5.01 Å². The molecule has 0 N–H and O–H groups in total. The molecule has 11 nitrogen and oxygen atoms in total. The zero-order valence-electron chi connectivity index (χ0n) is 14.5. The first-order valence-corrected chi connectivity index (χ1v) is 8.99. The smallest absolute Gasteiger partial charge is 0.282 e. The Labute approximate surface area is 166 Å². The van der Waals surface area contributed by atoms with Crippen molar-refractivity contribution < 1.29 is 19.3 Å². The molecular weight excluding hydrogens is 402 g/mol. The van der Waals surface area contributed by atoms with Gasteiger partial charge in [0, 0.05) is 24.8 Å². The Morgan fingerprint density at radius 1 is 1.07 bits per heavy atom. The summed E-state index contributed by atoms with van der Waals surface area (Å²) in [7, 11) is 0. The number of nitrogens with zero attached hydrogens (tertiary/aromatic N) is 5. The molecule has 0 spiro atoms. The first kappa shape index (κ1) is 18.4. The Bertz CT molecular complexity index is 1130. The van der Waals surface area contributed by atoms with E-state index in [-0.39, 0.29) is 23.7 Å². The summed E-state index contributed by atoms with van der Waals surface area (Å²) in [6.07, 6.45) is 1.77. The largest absolute Gasteiger partial charge is 0.454 e. The minimum atomic E-state index is -0.524. The second-order valence-electron chi connectivity index (χ2n) is 5.86. The number of fused-ring (bicyclic) bond motifs is 1. The topological polar surface area (TPSA) is 143 Å². The van der Waals surface area contributed by atoms with Crippen LogP contribution < -0.4 is 9.47 Å². The van der Waals surface area contributed by atoms with Gasteiger partial charge in [0.2, 0.25) is 11.9 Å². The molecule has 0 bridgehead atoms. The third kappa shape index (κ3) is 4.01. The molecule has 2 aromatic carbocycles.